The van der Waals surface area contributed by atoms with Crippen molar-refractivity contribution in [3.8, 4) is 0 Å². The van der Waals surface area contributed by atoms with Crippen molar-refractivity contribution in [3.05, 3.63) is 46.5 Å². The standard InChI is InChI=1S/C14H13NO3/c1-14(2,15)12-6-9-5-8-3-4-13(16)18-10(8)7-11(9)17-12/h3-7H,15H2,1-2H3. The lowest BCUT2D eigenvalue weighted by Crippen LogP contribution is -2.27. The molecule has 2 heterocycles. The molecule has 92 valence electrons. The van der Waals surface area contributed by atoms with Gasteiger partial charge in [0.1, 0.15) is 16.9 Å². The lowest BCUT2D eigenvalue weighted by molar-refractivity contribution is 0.413. The minimum atomic E-state index is -0.536. The number of furan rings is 1. The van der Waals surface area contributed by atoms with E-state index in [9.17, 15) is 4.79 Å². The molecule has 3 aromatic rings. The molecule has 0 fully saturated rings. The van der Waals surface area contributed by atoms with Crippen LogP contribution in [-0.4, -0.2) is 0 Å². The summed E-state index contributed by atoms with van der Waals surface area (Å²) in [5.41, 5.74) is 6.29. The Bertz CT molecular complexity index is 790. The highest BCUT2D eigenvalue weighted by molar-refractivity contribution is 5.93. The molecule has 0 saturated heterocycles. The molecule has 0 spiro atoms. The highest BCUT2D eigenvalue weighted by atomic mass is 16.4. The topological polar surface area (TPSA) is 69.4 Å². The summed E-state index contributed by atoms with van der Waals surface area (Å²) < 4.78 is 10.8. The number of benzene rings is 1. The molecule has 0 aliphatic carbocycles. The molecule has 2 aromatic heterocycles. The van der Waals surface area contributed by atoms with Crippen LogP contribution in [0.2, 0.25) is 0 Å². The molecule has 0 radical (unpaired) electrons. The maximum Gasteiger partial charge on any atom is 0.336 e. The molecular formula is C14H13NO3. The predicted molar refractivity (Wildman–Crippen MR) is 69.5 cm³/mol. The molecule has 0 bridgehead atoms. The normalized spacial score (nSPS) is 12.4. The summed E-state index contributed by atoms with van der Waals surface area (Å²) >= 11 is 0. The van der Waals surface area contributed by atoms with Gasteiger partial charge < -0.3 is 14.6 Å². The van der Waals surface area contributed by atoms with Crippen LogP contribution in [0.5, 0.6) is 0 Å². The molecule has 0 aliphatic heterocycles. The monoisotopic (exact) mass is 243 g/mol. The van der Waals surface area contributed by atoms with E-state index < -0.39 is 5.54 Å². The van der Waals surface area contributed by atoms with Crippen molar-refractivity contribution in [3.63, 3.8) is 0 Å². The van der Waals surface area contributed by atoms with Crippen LogP contribution in [0.3, 0.4) is 0 Å². The van der Waals surface area contributed by atoms with Crippen LogP contribution in [0.25, 0.3) is 21.9 Å². The molecule has 0 amide bonds. The first-order chi connectivity index (χ1) is 8.43. The second-order valence-corrected chi connectivity index (χ2v) is 5.01. The Balaban J connectivity index is 2.34. The average molecular weight is 243 g/mol. The van der Waals surface area contributed by atoms with Gasteiger partial charge in [0.2, 0.25) is 0 Å². The van der Waals surface area contributed by atoms with E-state index >= 15 is 0 Å². The quantitative estimate of drug-likeness (QED) is 0.667. The molecule has 4 heteroatoms. The summed E-state index contributed by atoms with van der Waals surface area (Å²) in [5.74, 6) is 0.704. The van der Waals surface area contributed by atoms with Gasteiger partial charge in [-0.1, -0.05) is 0 Å². The van der Waals surface area contributed by atoms with Crippen molar-refractivity contribution < 1.29 is 8.83 Å². The Kier molecular flexibility index (Phi) is 2.12. The second kappa shape index (κ2) is 3.46. The highest BCUT2D eigenvalue weighted by Crippen LogP contribution is 2.29. The number of hydrogen-bond acceptors (Lipinski definition) is 4. The van der Waals surface area contributed by atoms with Crippen LogP contribution < -0.4 is 11.4 Å². The van der Waals surface area contributed by atoms with Gasteiger partial charge in [-0.05, 0) is 32.0 Å². The summed E-state index contributed by atoms with van der Waals surface area (Å²) in [6.07, 6.45) is 0. The molecule has 0 unspecified atom stereocenters. The van der Waals surface area contributed by atoms with Gasteiger partial charge in [-0.25, -0.2) is 4.79 Å². The summed E-state index contributed by atoms with van der Waals surface area (Å²) in [7, 11) is 0. The first-order valence-corrected chi connectivity index (χ1v) is 5.70. The van der Waals surface area contributed by atoms with Gasteiger partial charge in [0, 0.05) is 22.9 Å². The highest BCUT2D eigenvalue weighted by Gasteiger charge is 2.19. The zero-order chi connectivity index (χ0) is 12.9. The third kappa shape index (κ3) is 1.71. The Morgan fingerprint density at radius 3 is 2.44 bits per heavy atom. The van der Waals surface area contributed by atoms with E-state index in [0.29, 0.717) is 16.9 Å². The molecule has 1 aromatic carbocycles. The fourth-order valence-corrected chi connectivity index (χ4v) is 1.92. The van der Waals surface area contributed by atoms with Crippen molar-refractivity contribution in [2.45, 2.75) is 19.4 Å². The van der Waals surface area contributed by atoms with Crippen molar-refractivity contribution in [1.29, 1.82) is 0 Å². The zero-order valence-corrected chi connectivity index (χ0v) is 10.2. The summed E-state index contributed by atoms with van der Waals surface area (Å²) in [4.78, 5) is 11.2. The predicted octanol–water partition coefficient (Wildman–Crippen LogP) is 2.73. The van der Waals surface area contributed by atoms with Crippen molar-refractivity contribution in [2.75, 3.05) is 0 Å². The summed E-state index contributed by atoms with van der Waals surface area (Å²) in [6.45, 7) is 3.76. The van der Waals surface area contributed by atoms with Crippen LogP contribution >= 0.6 is 0 Å². The van der Waals surface area contributed by atoms with E-state index in [2.05, 4.69) is 0 Å². The van der Waals surface area contributed by atoms with Crippen LogP contribution in [0.1, 0.15) is 19.6 Å². The molecule has 3 rings (SSSR count). The first-order valence-electron chi connectivity index (χ1n) is 5.70. The maximum absolute atomic E-state index is 11.2. The molecule has 0 atom stereocenters. The second-order valence-electron chi connectivity index (χ2n) is 5.01. The van der Waals surface area contributed by atoms with Gasteiger partial charge in [0.15, 0.2) is 0 Å². The fourth-order valence-electron chi connectivity index (χ4n) is 1.92. The minimum Gasteiger partial charge on any atom is -0.459 e. The van der Waals surface area contributed by atoms with Crippen LogP contribution in [0, 0.1) is 0 Å². The summed E-state index contributed by atoms with van der Waals surface area (Å²) in [6, 6.07) is 8.70. The molecule has 0 aliphatic rings. The lowest BCUT2D eigenvalue weighted by Gasteiger charge is -2.13. The first kappa shape index (κ1) is 11.0. The molecule has 18 heavy (non-hydrogen) atoms. The van der Waals surface area contributed by atoms with Crippen molar-refractivity contribution >= 4 is 21.9 Å². The SMILES string of the molecule is CC(C)(N)c1cc2cc3ccc(=O)oc3cc2o1. The average Bonchev–Trinajstić information content (AvgIpc) is 2.68. The van der Waals surface area contributed by atoms with Gasteiger partial charge in [-0.2, -0.15) is 0 Å². The van der Waals surface area contributed by atoms with E-state index in [1.807, 2.05) is 26.0 Å². The Morgan fingerprint density at radius 2 is 1.72 bits per heavy atom. The van der Waals surface area contributed by atoms with Crippen LogP contribution in [0.4, 0.5) is 0 Å². The van der Waals surface area contributed by atoms with E-state index in [0.717, 1.165) is 10.8 Å². The smallest absolute Gasteiger partial charge is 0.336 e. The molecule has 0 saturated carbocycles. The summed E-state index contributed by atoms with van der Waals surface area (Å²) in [5, 5.41) is 1.81. The van der Waals surface area contributed by atoms with Gasteiger partial charge in [0.05, 0.1) is 5.54 Å². The molecule has 2 N–H and O–H groups in total. The number of nitrogens with two attached hydrogens (primary N) is 1. The molecular weight excluding hydrogens is 230 g/mol. The van der Waals surface area contributed by atoms with Crippen LogP contribution in [-0.2, 0) is 5.54 Å². The van der Waals surface area contributed by atoms with Gasteiger partial charge in [0.25, 0.3) is 0 Å². The van der Waals surface area contributed by atoms with Crippen molar-refractivity contribution in [2.24, 2.45) is 5.73 Å². The van der Waals surface area contributed by atoms with E-state index in [4.69, 9.17) is 14.6 Å². The zero-order valence-electron chi connectivity index (χ0n) is 10.2. The minimum absolute atomic E-state index is 0.368. The Labute approximate surface area is 103 Å². The third-order valence-corrected chi connectivity index (χ3v) is 2.89. The number of rotatable bonds is 1. The van der Waals surface area contributed by atoms with Crippen molar-refractivity contribution in [1.82, 2.24) is 0 Å². The Morgan fingerprint density at radius 1 is 1.00 bits per heavy atom. The van der Waals surface area contributed by atoms with E-state index in [1.54, 1.807) is 12.1 Å². The number of hydrogen-bond donors (Lipinski definition) is 1. The lowest BCUT2D eigenvalue weighted by atomic mass is 10.0. The molecule has 4 nitrogen and oxygen atoms in total. The van der Waals surface area contributed by atoms with Gasteiger partial charge in [-0.15, -0.1) is 0 Å². The number of fused-ring (bicyclic) bond motifs is 2. The van der Waals surface area contributed by atoms with Crippen LogP contribution in [0.15, 0.2) is 44.0 Å². The fraction of sp³-hybridized carbons (Fsp3) is 0.214. The van der Waals surface area contributed by atoms with E-state index in [-0.39, 0.29) is 5.63 Å². The third-order valence-electron chi connectivity index (χ3n) is 2.89. The van der Waals surface area contributed by atoms with Gasteiger partial charge in [-0.3, -0.25) is 0 Å². The maximum atomic E-state index is 11.2. The Hall–Kier alpha value is -2.07. The van der Waals surface area contributed by atoms with Gasteiger partial charge >= 0.3 is 5.63 Å². The van der Waals surface area contributed by atoms with E-state index in [1.165, 1.54) is 6.07 Å². The largest absolute Gasteiger partial charge is 0.459 e.